The predicted molar refractivity (Wildman–Crippen MR) is 75.1 cm³/mol. The van der Waals surface area contributed by atoms with Gasteiger partial charge in [-0.2, -0.15) is 0 Å². The Balaban J connectivity index is 1.92. The zero-order chi connectivity index (χ0) is 13.4. The van der Waals surface area contributed by atoms with E-state index in [1.165, 1.54) is 6.42 Å². The first kappa shape index (κ1) is 14.3. The van der Waals surface area contributed by atoms with Crippen LogP contribution in [0.5, 0.6) is 0 Å². The van der Waals surface area contributed by atoms with Gasteiger partial charge in [-0.1, -0.05) is 27.2 Å². The lowest BCUT2D eigenvalue weighted by Crippen LogP contribution is -2.57. The number of nitrogens with two attached hydrogens (primary N) is 1. The van der Waals surface area contributed by atoms with Crippen molar-refractivity contribution in [1.29, 1.82) is 0 Å². The maximum Gasteiger partial charge on any atom is 0.122 e. The lowest BCUT2D eigenvalue weighted by molar-refractivity contribution is -0.114. The lowest BCUT2D eigenvalue weighted by atomic mass is 9.67. The fourth-order valence-corrected chi connectivity index (χ4v) is 4.28. The van der Waals surface area contributed by atoms with Crippen molar-refractivity contribution in [2.45, 2.75) is 65.0 Å². The highest BCUT2D eigenvalue weighted by atomic mass is 16.3. The van der Waals surface area contributed by atoms with E-state index in [-0.39, 0.29) is 10.8 Å². The van der Waals surface area contributed by atoms with E-state index in [0.717, 1.165) is 45.2 Å². The molecular formula is C15H30N2O. The fraction of sp³-hybridized carbons (Fsp3) is 1.00. The lowest BCUT2D eigenvalue weighted by Gasteiger charge is -2.45. The molecule has 0 aliphatic heterocycles. The van der Waals surface area contributed by atoms with E-state index >= 15 is 0 Å². The Labute approximate surface area is 112 Å². The van der Waals surface area contributed by atoms with E-state index in [9.17, 15) is 5.11 Å². The SMILES string of the molecule is CC1(C)C2CCC1(C)C(O)(NCCCCCN)C2. The van der Waals surface area contributed by atoms with Gasteiger partial charge in [0.2, 0.25) is 0 Å². The molecule has 0 radical (unpaired) electrons. The first-order chi connectivity index (χ1) is 8.37. The molecule has 18 heavy (non-hydrogen) atoms. The number of aliphatic hydroxyl groups is 1. The van der Waals surface area contributed by atoms with E-state index in [1.807, 2.05) is 0 Å². The van der Waals surface area contributed by atoms with Crippen LogP contribution in [0.4, 0.5) is 0 Å². The van der Waals surface area contributed by atoms with Gasteiger partial charge in [0.25, 0.3) is 0 Å². The van der Waals surface area contributed by atoms with E-state index in [2.05, 4.69) is 26.1 Å². The molecule has 0 spiro atoms. The van der Waals surface area contributed by atoms with Crippen molar-refractivity contribution in [3.63, 3.8) is 0 Å². The first-order valence-corrected chi connectivity index (χ1v) is 7.55. The molecule has 0 aromatic heterocycles. The van der Waals surface area contributed by atoms with Gasteiger partial charge in [0, 0.05) is 5.41 Å². The van der Waals surface area contributed by atoms with Crippen molar-refractivity contribution in [2.24, 2.45) is 22.5 Å². The summed E-state index contributed by atoms with van der Waals surface area (Å²) in [7, 11) is 0. The summed E-state index contributed by atoms with van der Waals surface area (Å²) in [5.41, 5.74) is 5.13. The van der Waals surface area contributed by atoms with Crippen LogP contribution in [0, 0.1) is 16.7 Å². The molecular weight excluding hydrogens is 224 g/mol. The summed E-state index contributed by atoms with van der Waals surface area (Å²) in [6, 6.07) is 0. The van der Waals surface area contributed by atoms with E-state index < -0.39 is 5.72 Å². The highest BCUT2D eigenvalue weighted by molar-refractivity contribution is 5.16. The molecule has 2 aliphatic rings. The molecule has 106 valence electrons. The van der Waals surface area contributed by atoms with Crippen molar-refractivity contribution in [2.75, 3.05) is 13.1 Å². The van der Waals surface area contributed by atoms with Gasteiger partial charge in [-0.25, -0.2) is 0 Å². The molecule has 2 saturated carbocycles. The van der Waals surface area contributed by atoms with Crippen LogP contribution in [0.25, 0.3) is 0 Å². The van der Waals surface area contributed by atoms with Crippen LogP contribution in [-0.4, -0.2) is 23.9 Å². The van der Waals surface area contributed by atoms with Crippen LogP contribution in [0.1, 0.15) is 59.3 Å². The zero-order valence-corrected chi connectivity index (χ0v) is 12.3. The normalized spacial score (nSPS) is 41.5. The molecule has 2 aliphatic carbocycles. The second-order valence-corrected chi connectivity index (χ2v) is 7.13. The van der Waals surface area contributed by atoms with E-state index in [1.54, 1.807) is 0 Å². The number of fused-ring (bicyclic) bond motifs is 2. The van der Waals surface area contributed by atoms with Gasteiger partial charge in [-0.3, -0.25) is 5.32 Å². The van der Waals surface area contributed by atoms with Crippen LogP contribution in [0.15, 0.2) is 0 Å². The van der Waals surface area contributed by atoms with Crippen LogP contribution in [-0.2, 0) is 0 Å². The van der Waals surface area contributed by atoms with Crippen molar-refractivity contribution < 1.29 is 5.11 Å². The first-order valence-electron chi connectivity index (χ1n) is 7.55. The molecule has 4 N–H and O–H groups in total. The molecule has 3 unspecified atom stereocenters. The molecule has 2 fully saturated rings. The molecule has 0 amide bonds. The van der Waals surface area contributed by atoms with Crippen molar-refractivity contribution in [3.8, 4) is 0 Å². The summed E-state index contributed by atoms with van der Waals surface area (Å²) in [6.07, 6.45) is 6.71. The number of rotatable bonds is 6. The second-order valence-electron chi connectivity index (χ2n) is 7.13. The monoisotopic (exact) mass is 254 g/mol. The maximum atomic E-state index is 11.0. The molecule has 0 aromatic rings. The van der Waals surface area contributed by atoms with Crippen LogP contribution in [0.3, 0.4) is 0 Å². The Bertz CT molecular complexity index is 305. The fourth-order valence-electron chi connectivity index (χ4n) is 4.28. The molecule has 3 heteroatoms. The number of nitrogens with one attached hydrogen (secondary N) is 1. The Morgan fingerprint density at radius 2 is 1.94 bits per heavy atom. The highest BCUT2D eigenvalue weighted by Gasteiger charge is 2.68. The van der Waals surface area contributed by atoms with Crippen molar-refractivity contribution in [3.05, 3.63) is 0 Å². The molecule has 0 aromatic carbocycles. The van der Waals surface area contributed by atoms with Gasteiger partial charge >= 0.3 is 0 Å². The van der Waals surface area contributed by atoms with Crippen molar-refractivity contribution >= 4 is 0 Å². The third-order valence-corrected chi connectivity index (χ3v) is 6.19. The Morgan fingerprint density at radius 1 is 1.22 bits per heavy atom. The maximum absolute atomic E-state index is 11.0. The highest BCUT2D eigenvalue weighted by Crippen LogP contribution is 2.68. The summed E-state index contributed by atoms with van der Waals surface area (Å²) in [4.78, 5) is 0. The topological polar surface area (TPSA) is 58.3 Å². The van der Waals surface area contributed by atoms with Gasteiger partial charge in [0.05, 0.1) is 0 Å². The van der Waals surface area contributed by atoms with Gasteiger partial charge < -0.3 is 10.8 Å². The zero-order valence-electron chi connectivity index (χ0n) is 12.3. The summed E-state index contributed by atoms with van der Waals surface area (Å²) in [5.74, 6) is 0.670. The second kappa shape index (κ2) is 4.77. The van der Waals surface area contributed by atoms with Gasteiger partial charge in [-0.15, -0.1) is 0 Å². The van der Waals surface area contributed by atoms with E-state index in [4.69, 9.17) is 5.73 Å². The van der Waals surface area contributed by atoms with Crippen molar-refractivity contribution in [1.82, 2.24) is 5.32 Å². The van der Waals surface area contributed by atoms with Crippen LogP contribution in [0.2, 0.25) is 0 Å². The van der Waals surface area contributed by atoms with Gasteiger partial charge in [0.15, 0.2) is 0 Å². The smallest absolute Gasteiger partial charge is 0.122 e. The largest absolute Gasteiger partial charge is 0.375 e. The Hall–Kier alpha value is -0.120. The average Bonchev–Trinajstić information content (AvgIpc) is 2.61. The van der Waals surface area contributed by atoms with E-state index in [0.29, 0.717) is 5.92 Å². The molecule has 3 atom stereocenters. The molecule has 2 bridgehead atoms. The van der Waals surface area contributed by atoms with Gasteiger partial charge in [0.1, 0.15) is 5.72 Å². The number of hydrogen-bond donors (Lipinski definition) is 3. The summed E-state index contributed by atoms with van der Waals surface area (Å²) >= 11 is 0. The summed E-state index contributed by atoms with van der Waals surface area (Å²) in [6.45, 7) is 8.62. The quantitative estimate of drug-likeness (QED) is 0.503. The summed E-state index contributed by atoms with van der Waals surface area (Å²) < 4.78 is 0. The average molecular weight is 254 g/mol. The standard InChI is InChI=1S/C15H30N2O/c1-13(2)12-7-8-14(13,3)15(18,11-12)17-10-6-4-5-9-16/h12,17-18H,4-11,16H2,1-3H3. The Morgan fingerprint density at radius 3 is 2.44 bits per heavy atom. The third-order valence-electron chi connectivity index (χ3n) is 6.19. The minimum atomic E-state index is -0.651. The minimum absolute atomic E-state index is 0.0263. The van der Waals surface area contributed by atoms with Gasteiger partial charge in [-0.05, 0) is 56.5 Å². The minimum Gasteiger partial charge on any atom is -0.375 e. The molecule has 2 rings (SSSR count). The predicted octanol–water partition coefficient (Wildman–Crippen LogP) is 2.24. The Kier molecular flexibility index (Phi) is 3.79. The number of hydrogen-bond acceptors (Lipinski definition) is 3. The van der Waals surface area contributed by atoms with Crippen LogP contribution < -0.4 is 11.1 Å². The van der Waals surface area contributed by atoms with Crippen LogP contribution >= 0.6 is 0 Å². The summed E-state index contributed by atoms with van der Waals surface area (Å²) in [5, 5.41) is 14.5. The molecule has 0 saturated heterocycles. The molecule has 3 nitrogen and oxygen atoms in total. The molecule has 0 heterocycles. The number of unbranched alkanes of at least 4 members (excludes halogenated alkanes) is 2. The third kappa shape index (κ3) is 1.91.